The highest BCUT2D eigenvalue weighted by Gasteiger charge is 1.97. The number of rotatable bonds is 5. The molecule has 0 aromatic heterocycles. The normalized spacial score (nSPS) is 11.7. The highest BCUT2D eigenvalue weighted by molar-refractivity contribution is 7.99. The lowest BCUT2D eigenvalue weighted by atomic mass is 10.3. The van der Waals surface area contributed by atoms with Gasteiger partial charge in [-0.05, 0) is 36.4 Å². The molecular formula is C10H13FN2OS. The van der Waals surface area contributed by atoms with Gasteiger partial charge in [-0.2, -0.15) is 0 Å². The van der Waals surface area contributed by atoms with E-state index in [1.54, 1.807) is 23.9 Å². The zero-order valence-electron chi connectivity index (χ0n) is 8.19. The molecule has 15 heavy (non-hydrogen) atoms. The van der Waals surface area contributed by atoms with Gasteiger partial charge in [-0.1, -0.05) is 5.16 Å². The van der Waals surface area contributed by atoms with Gasteiger partial charge in [0.25, 0.3) is 0 Å². The number of halogens is 1. The molecule has 0 aliphatic rings. The smallest absolute Gasteiger partial charge is 0.139 e. The van der Waals surface area contributed by atoms with Gasteiger partial charge in [0.15, 0.2) is 0 Å². The van der Waals surface area contributed by atoms with Crippen LogP contribution in [0, 0.1) is 5.82 Å². The first-order valence-corrected chi connectivity index (χ1v) is 5.55. The van der Waals surface area contributed by atoms with Gasteiger partial charge >= 0.3 is 0 Å². The number of amidine groups is 1. The molecule has 82 valence electrons. The molecule has 5 heteroatoms. The zero-order valence-corrected chi connectivity index (χ0v) is 9.01. The van der Waals surface area contributed by atoms with Gasteiger partial charge in [0.2, 0.25) is 0 Å². The number of benzene rings is 1. The van der Waals surface area contributed by atoms with Crippen molar-refractivity contribution in [2.75, 3.05) is 5.75 Å². The van der Waals surface area contributed by atoms with E-state index in [-0.39, 0.29) is 11.7 Å². The van der Waals surface area contributed by atoms with Gasteiger partial charge in [0.05, 0.1) is 0 Å². The van der Waals surface area contributed by atoms with Crippen molar-refractivity contribution >= 4 is 17.6 Å². The number of thioether (sulfide) groups is 1. The van der Waals surface area contributed by atoms with Crippen LogP contribution in [0.2, 0.25) is 0 Å². The van der Waals surface area contributed by atoms with Crippen molar-refractivity contribution in [1.82, 2.24) is 0 Å². The van der Waals surface area contributed by atoms with Crippen LogP contribution in [0.3, 0.4) is 0 Å². The van der Waals surface area contributed by atoms with E-state index in [1.807, 2.05) is 0 Å². The molecule has 0 aliphatic carbocycles. The summed E-state index contributed by atoms with van der Waals surface area (Å²) in [6.07, 6.45) is 1.41. The maximum Gasteiger partial charge on any atom is 0.139 e. The number of oxime groups is 1. The van der Waals surface area contributed by atoms with Crippen molar-refractivity contribution in [3.05, 3.63) is 30.1 Å². The van der Waals surface area contributed by atoms with Crippen molar-refractivity contribution in [3.63, 3.8) is 0 Å². The Morgan fingerprint density at radius 2 is 2.07 bits per heavy atom. The van der Waals surface area contributed by atoms with Crippen LogP contribution in [-0.2, 0) is 0 Å². The van der Waals surface area contributed by atoms with Gasteiger partial charge in [-0.15, -0.1) is 11.8 Å². The van der Waals surface area contributed by atoms with E-state index < -0.39 is 0 Å². The summed E-state index contributed by atoms with van der Waals surface area (Å²) in [6, 6.07) is 6.35. The summed E-state index contributed by atoms with van der Waals surface area (Å²) in [4.78, 5) is 1.02. The fourth-order valence-electron chi connectivity index (χ4n) is 1.02. The average molecular weight is 228 g/mol. The average Bonchev–Trinajstić information content (AvgIpc) is 2.26. The SMILES string of the molecule is N/C(CCCSc1ccc(F)cc1)=N\O. The number of nitrogens with two attached hydrogens (primary N) is 1. The molecule has 0 fully saturated rings. The first-order valence-electron chi connectivity index (χ1n) is 4.57. The quantitative estimate of drug-likeness (QED) is 0.203. The Morgan fingerprint density at radius 1 is 1.40 bits per heavy atom. The highest BCUT2D eigenvalue weighted by atomic mass is 32.2. The molecule has 0 bridgehead atoms. The standard InChI is InChI=1S/C10H13FN2OS/c11-8-3-5-9(6-4-8)15-7-1-2-10(12)13-14/h3-6,14H,1-2,7H2,(H2,12,13). The van der Waals surface area contributed by atoms with Crippen molar-refractivity contribution < 1.29 is 9.60 Å². The van der Waals surface area contributed by atoms with Gasteiger partial charge < -0.3 is 10.9 Å². The molecule has 0 unspecified atom stereocenters. The second-order valence-corrected chi connectivity index (χ2v) is 4.17. The molecule has 0 aliphatic heterocycles. The monoisotopic (exact) mass is 228 g/mol. The van der Waals surface area contributed by atoms with E-state index in [0.717, 1.165) is 17.1 Å². The molecule has 0 saturated heterocycles. The number of nitrogens with zero attached hydrogens (tertiary/aromatic N) is 1. The second-order valence-electron chi connectivity index (χ2n) is 3.00. The molecule has 1 rings (SSSR count). The first kappa shape index (κ1) is 11.8. The third-order valence-electron chi connectivity index (χ3n) is 1.79. The Bertz CT molecular complexity index is 327. The molecule has 1 aromatic rings. The molecule has 0 amide bonds. The van der Waals surface area contributed by atoms with E-state index in [4.69, 9.17) is 10.9 Å². The van der Waals surface area contributed by atoms with E-state index in [0.29, 0.717) is 6.42 Å². The van der Waals surface area contributed by atoms with Crippen LogP contribution in [0.15, 0.2) is 34.3 Å². The number of hydrogen-bond donors (Lipinski definition) is 2. The summed E-state index contributed by atoms with van der Waals surface area (Å²) in [5, 5.41) is 11.2. The van der Waals surface area contributed by atoms with Crippen molar-refractivity contribution in [3.8, 4) is 0 Å². The molecular weight excluding hydrogens is 215 g/mol. The van der Waals surface area contributed by atoms with E-state index >= 15 is 0 Å². The van der Waals surface area contributed by atoms with E-state index in [1.165, 1.54) is 12.1 Å². The molecule has 0 atom stereocenters. The molecule has 0 saturated carbocycles. The first-order chi connectivity index (χ1) is 7.22. The minimum atomic E-state index is -0.226. The lowest BCUT2D eigenvalue weighted by Crippen LogP contribution is -2.11. The molecule has 3 N–H and O–H groups in total. The topological polar surface area (TPSA) is 58.6 Å². The minimum absolute atomic E-state index is 0.226. The van der Waals surface area contributed by atoms with Gasteiger partial charge in [0, 0.05) is 11.3 Å². The summed E-state index contributed by atoms with van der Waals surface area (Å²) in [6.45, 7) is 0. The van der Waals surface area contributed by atoms with E-state index in [9.17, 15) is 4.39 Å². The number of hydrogen-bond acceptors (Lipinski definition) is 3. The predicted molar refractivity (Wildman–Crippen MR) is 59.8 cm³/mol. The minimum Gasteiger partial charge on any atom is -0.409 e. The Balaban J connectivity index is 2.23. The van der Waals surface area contributed by atoms with Crippen molar-refractivity contribution in [2.24, 2.45) is 10.9 Å². The predicted octanol–water partition coefficient (Wildman–Crippen LogP) is 2.44. The Labute approximate surface area is 92.2 Å². The fourth-order valence-corrected chi connectivity index (χ4v) is 1.88. The van der Waals surface area contributed by atoms with Gasteiger partial charge in [-0.25, -0.2) is 4.39 Å². The van der Waals surface area contributed by atoms with Crippen LogP contribution >= 0.6 is 11.8 Å². The lowest BCUT2D eigenvalue weighted by Gasteiger charge is -2.00. The van der Waals surface area contributed by atoms with Crippen LogP contribution in [0.1, 0.15) is 12.8 Å². The van der Waals surface area contributed by atoms with Crippen LogP contribution in [0.25, 0.3) is 0 Å². The maximum atomic E-state index is 12.6. The van der Waals surface area contributed by atoms with Crippen LogP contribution in [0.4, 0.5) is 4.39 Å². The summed E-state index contributed by atoms with van der Waals surface area (Å²) in [5.74, 6) is 0.882. The van der Waals surface area contributed by atoms with Crippen molar-refractivity contribution in [1.29, 1.82) is 0 Å². The highest BCUT2D eigenvalue weighted by Crippen LogP contribution is 2.19. The summed E-state index contributed by atoms with van der Waals surface area (Å²) in [7, 11) is 0. The van der Waals surface area contributed by atoms with E-state index in [2.05, 4.69) is 5.16 Å². The summed E-state index contributed by atoms with van der Waals surface area (Å²) in [5.41, 5.74) is 5.31. The Hall–Kier alpha value is -1.23. The zero-order chi connectivity index (χ0) is 11.1. The van der Waals surface area contributed by atoms with Crippen molar-refractivity contribution in [2.45, 2.75) is 17.7 Å². The molecule has 1 aromatic carbocycles. The van der Waals surface area contributed by atoms with Gasteiger partial charge in [0.1, 0.15) is 11.7 Å². The Kier molecular flexibility index (Phi) is 4.97. The Morgan fingerprint density at radius 3 is 2.67 bits per heavy atom. The largest absolute Gasteiger partial charge is 0.409 e. The molecule has 0 heterocycles. The summed E-state index contributed by atoms with van der Waals surface area (Å²) < 4.78 is 12.6. The van der Waals surface area contributed by atoms with Crippen LogP contribution < -0.4 is 5.73 Å². The van der Waals surface area contributed by atoms with Crippen LogP contribution in [0.5, 0.6) is 0 Å². The maximum absolute atomic E-state index is 12.6. The molecule has 0 radical (unpaired) electrons. The molecule has 0 spiro atoms. The third-order valence-corrected chi connectivity index (χ3v) is 2.89. The van der Waals surface area contributed by atoms with Crippen LogP contribution in [-0.4, -0.2) is 16.8 Å². The van der Waals surface area contributed by atoms with Gasteiger partial charge in [-0.3, -0.25) is 0 Å². The lowest BCUT2D eigenvalue weighted by molar-refractivity contribution is 0.317. The summed E-state index contributed by atoms with van der Waals surface area (Å²) >= 11 is 1.62. The fraction of sp³-hybridized carbons (Fsp3) is 0.300. The second kappa shape index (κ2) is 6.29. The molecule has 3 nitrogen and oxygen atoms in total. The third kappa shape index (κ3) is 4.69.